The number of fused-ring (bicyclic) bond motifs is 1. The van der Waals surface area contributed by atoms with E-state index < -0.39 is 4.92 Å². The molecule has 1 fully saturated rings. The molecule has 0 radical (unpaired) electrons. The van der Waals surface area contributed by atoms with Gasteiger partial charge in [-0.3, -0.25) is 10.1 Å². The maximum atomic E-state index is 10.7. The van der Waals surface area contributed by atoms with Gasteiger partial charge in [0.2, 0.25) is 0 Å². The number of hydrogen-bond donors (Lipinski definition) is 2. The molecule has 2 heterocycles. The van der Waals surface area contributed by atoms with Gasteiger partial charge in [-0.05, 0) is 19.0 Å². The van der Waals surface area contributed by atoms with E-state index in [0.717, 1.165) is 19.5 Å². The van der Waals surface area contributed by atoms with Crippen molar-refractivity contribution in [1.82, 2.24) is 15.3 Å². The van der Waals surface area contributed by atoms with Crippen LogP contribution in [0.25, 0.3) is 11.0 Å². The van der Waals surface area contributed by atoms with Crippen molar-refractivity contribution in [2.45, 2.75) is 6.42 Å². The molecule has 100 valence electrons. The van der Waals surface area contributed by atoms with E-state index in [4.69, 9.17) is 4.74 Å². The normalized spacial score (nSPS) is 18.8. The summed E-state index contributed by atoms with van der Waals surface area (Å²) in [6.45, 7) is 2.60. The number of nitrogens with zero attached hydrogens (tertiary/aromatic N) is 2. The zero-order chi connectivity index (χ0) is 13.2. The number of nitrogens with one attached hydrogen (secondary N) is 2. The van der Waals surface area contributed by atoms with Crippen LogP contribution in [-0.2, 0) is 0 Å². The monoisotopic (exact) mass is 262 g/mol. The lowest BCUT2D eigenvalue weighted by Crippen LogP contribution is -2.15. The van der Waals surface area contributed by atoms with Crippen molar-refractivity contribution in [2.75, 3.05) is 19.7 Å². The molecule has 0 spiro atoms. The summed E-state index contributed by atoms with van der Waals surface area (Å²) in [4.78, 5) is 17.5. The van der Waals surface area contributed by atoms with Crippen LogP contribution in [0.1, 0.15) is 6.42 Å². The summed E-state index contributed by atoms with van der Waals surface area (Å²) in [5.41, 5.74) is 1.33. The van der Waals surface area contributed by atoms with Crippen molar-refractivity contribution in [2.24, 2.45) is 5.92 Å². The molecule has 0 amide bonds. The van der Waals surface area contributed by atoms with E-state index in [1.165, 1.54) is 12.1 Å². The molecule has 7 heteroatoms. The van der Waals surface area contributed by atoms with E-state index in [0.29, 0.717) is 29.6 Å². The number of hydrogen-bond acceptors (Lipinski definition) is 5. The van der Waals surface area contributed by atoms with E-state index in [-0.39, 0.29) is 5.69 Å². The molecule has 1 aromatic carbocycles. The fourth-order valence-electron chi connectivity index (χ4n) is 2.21. The molecule has 1 aliphatic rings. The summed E-state index contributed by atoms with van der Waals surface area (Å²) in [5, 5.41) is 14.0. The number of ether oxygens (including phenoxy) is 1. The lowest BCUT2D eigenvalue weighted by atomic mass is 10.1. The maximum Gasteiger partial charge on any atom is 0.294 e. The molecular weight excluding hydrogens is 248 g/mol. The van der Waals surface area contributed by atoms with Crippen molar-refractivity contribution in [1.29, 1.82) is 0 Å². The van der Waals surface area contributed by atoms with Crippen LogP contribution >= 0.6 is 0 Å². The number of non-ortho nitro benzene ring substituents is 1. The Labute approximate surface area is 109 Å². The number of imidazole rings is 1. The second-order valence-electron chi connectivity index (χ2n) is 4.67. The van der Waals surface area contributed by atoms with Crippen LogP contribution in [-0.4, -0.2) is 34.6 Å². The van der Waals surface area contributed by atoms with Crippen LogP contribution in [0, 0.1) is 16.0 Å². The molecule has 1 saturated heterocycles. The maximum absolute atomic E-state index is 10.7. The number of rotatable bonds is 4. The number of aromatic nitrogens is 2. The third kappa shape index (κ3) is 2.50. The zero-order valence-electron chi connectivity index (χ0n) is 10.3. The number of nitro groups is 1. The molecule has 2 aromatic rings. The second-order valence-corrected chi connectivity index (χ2v) is 4.67. The first-order chi connectivity index (χ1) is 9.22. The van der Waals surface area contributed by atoms with Gasteiger partial charge < -0.3 is 15.0 Å². The Bertz CT molecular complexity index is 604. The van der Waals surface area contributed by atoms with Gasteiger partial charge in [0.05, 0.1) is 22.6 Å². The minimum absolute atomic E-state index is 0.0442. The molecule has 3 rings (SSSR count). The molecular formula is C12H14N4O3. The first-order valence-electron chi connectivity index (χ1n) is 6.20. The van der Waals surface area contributed by atoms with Crippen LogP contribution < -0.4 is 10.1 Å². The Balaban J connectivity index is 1.75. The van der Waals surface area contributed by atoms with E-state index in [1.807, 2.05) is 0 Å². The van der Waals surface area contributed by atoms with E-state index in [1.54, 1.807) is 6.07 Å². The molecule has 1 aromatic heterocycles. The molecule has 0 saturated carbocycles. The third-order valence-corrected chi connectivity index (χ3v) is 3.27. The predicted molar refractivity (Wildman–Crippen MR) is 69.2 cm³/mol. The average molecular weight is 262 g/mol. The summed E-state index contributed by atoms with van der Waals surface area (Å²) >= 11 is 0. The minimum Gasteiger partial charge on any atom is -0.464 e. The average Bonchev–Trinajstić information content (AvgIpc) is 3.04. The molecule has 7 nitrogen and oxygen atoms in total. The fourth-order valence-corrected chi connectivity index (χ4v) is 2.21. The SMILES string of the molecule is O=[N+]([O-])c1ccc2nc(OC[C@H]3CCNC3)[nH]c2c1. The lowest BCUT2D eigenvalue weighted by Gasteiger charge is -2.07. The summed E-state index contributed by atoms with van der Waals surface area (Å²) in [6, 6.07) is 4.94. The van der Waals surface area contributed by atoms with Crippen molar-refractivity contribution < 1.29 is 9.66 Å². The Morgan fingerprint density at radius 1 is 1.53 bits per heavy atom. The Hall–Kier alpha value is -2.15. The van der Waals surface area contributed by atoms with Crippen LogP contribution in [0.3, 0.4) is 0 Å². The highest BCUT2D eigenvalue weighted by Crippen LogP contribution is 2.21. The standard InChI is InChI=1S/C12H14N4O3/c17-16(18)9-1-2-10-11(5-9)15-12(14-10)19-7-8-3-4-13-6-8/h1-2,5,8,13H,3-4,6-7H2,(H,14,15)/t8-/m0/s1. The molecule has 0 bridgehead atoms. The van der Waals surface area contributed by atoms with Gasteiger partial charge in [0.1, 0.15) is 0 Å². The lowest BCUT2D eigenvalue weighted by molar-refractivity contribution is -0.384. The summed E-state index contributed by atoms with van der Waals surface area (Å²) in [7, 11) is 0. The van der Waals surface area contributed by atoms with E-state index in [9.17, 15) is 10.1 Å². The van der Waals surface area contributed by atoms with Gasteiger partial charge in [-0.2, -0.15) is 4.98 Å². The molecule has 0 aliphatic carbocycles. The number of nitro benzene ring substituents is 1. The molecule has 19 heavy (non-hydrogen) atoms. The van der Waals surface area contributed by atoms with E-state index >= 15 is 0 Å². The first-order valence-corrected chi connectivity index (χ1v) is 6.20. The van der Waals surface area contributed by atoms with Gasteiger partial charge in [0, 0.05) is 24.6 Å². The van der Waals surface area contributed by atoms with Crippen molar-refractivity contribution in [3.8, 4) is 6.01 Å². The second kappa shape index (κ2) is 4.85. The predicted octanol–water partition coefficient (Wildman–Crippen LogP) is 1.46. The molecule has 1 aliphatic heterocycles. The van der Waals surface area contributed by atoms with Crippen LogP contribution in [0.2, 0.25) is 0 Å². The van der Waals surface area contributed by atoms with Crippen molar-refractivity contribution >= 4 is 16.7 Å². The highest BCUT2D eigenvalue weighted by Gasteiger charge is 2.16. The molecule has 2 N–H and O–H groups in total. The number of benzene rings is 1. The van der Waals surface area contributed by atoms with Crippen molar-refractivity contribution in [3.05, 3.63) is 28.3 Å². The smallest absolute Gasteiger partial charge is 0.294 e. The van der Waals surface area contributed by atoms with Gasteiger partial charge in [-0.1, -0.05) is 0 Å². The minimum atomic E-state index is -0.426. The van der Waals surface area contributed by atoms with Gasteiger partial charge in [0.25, 0.3) is 11.7 Å². The Kier molecular flexibility index (Phi) is 3.04. The topological polar surface area (TPSA) is 93.1 Å². The van der Waals surface area contributed by atoms with Crippen LogP contribution in [0.5, 0.6) is 6.01 Å². The molecule has 0 unspecified atom stereocenters. The van der Waals surface area contributed by atoms with Gasteiger partial charge in [0.15, 0.2) is 0 Å². The quantitative estimate of drug-likeness (QED) is 0.642. The summed E-state index contributed by atoms with van der Waals surface area (Å²) in [6.07, 6.45) is 1.10. The zero-order valence-corrected chi connectivity index (χ0v) is 10.3. The Morgan fingerprint density at radius 2 is 2.42 bits per heavy atom. The highest BCUT2D eigenvalue weighted by molar-refractivity contribution is 5.78. The largest absolute Gasteiger partial charge is 0.464 e. The van der Waals surface area contributed by atoms with Gasteiger partial charge in [-0.25, -0.2) is 0 Å². The van der Waals surface area contributed by atoms with E-state index in [2.05, 4.69) is 15.3 Å². The van der Waals surface area contributed by atoms with Crippen LogP contribution in [0.4, 0.5) is 5.69 Å². The molecule has 1 atom stereocenters. The number of aromatic amines is 1. The third-order valence-electron chi connectivity index (χ3n) is 3.27. The Morgan fingerprint density at radius 3 is 3.16 bits per heavy atom. The summed E-state index contributed by atoms with van der Waals surface area (Å²) < 4.78 is 5.60. The van der Waals surface area contributed by atoms with Gasteiger partial charge >= 0.3 is 0 Å². The van der Waals surface area contributed by atoms with Gasteiger partial charge in [-0.15, -0.1) is 0 Å². The van der Waals surface area contributed by atoms with Crippen LogP contribution in [0.15, 0.2) is 18.2 Å². The van der Waals surface area contributed by atoms with Crippen molar-refractivity contribution in [3.63, 3.8) is 0 Å². The highest BCUT2D eigenvalue weighted by atomic mass is 16.6. The first kappa shape index (κ1) is 11.9. The summed E-state index contributed by atoms with van der Waals surface area (Å²) in [5.74, 6) is 0.502. The number of H-pyrrole nitrogens is 1. The fraction of sp³-hybridized carbons (Fsp3) is 0.417.